The average molecular weight is 463 g/mol. The smallest absolute Gasteiger partial charge is 0.261 e. The zero-order valence-corrected chi connectivity index (χ0v) is 18.2. The van der Waals surface area contributed by atoms with Gasteiger partial charge in [-0.05, 0) is 48.0 Å². The van der Waals surface area contributed by atoms with Gasteiger partial charge in [-0.15, -0.1) is 0 Å². The fourth-order valence-electron chi connectivity index (χ4n) is 3.20. The van der Waals surface area contributed by atoms with Gasteiger partial charge in [-0.25, -0.2) is 16.8 Å². The average Bonchev–Trinajstić information content (AvgIpc) is 3.29. The molecule has 3 aromatic rings. The molecule has 0 saturated carbocycles. The first-order valence-corrected chi connectivity index (χ1v) is 12.5. The van der Waals surface area contributed by atoms with Gasteiger partial charge in [-0.1, -0.05) is 12.1 Å². The van der Waals surface area contributed by atoms with Gasteiger partial charge < -0.3 is 4.74 Å². The van der Waals surface area contributed by atoms with Gasteiger partial charge >= 0.3 is 0 Å². The second-order valence-electron chi connectivity index (χ2n) is 6.99. The zero-order chi connectivity index (χ0) is 21.9. The van der Waals surface area contributed by atoms with Gasteiger partial charge in [0.25, 0.3) is 10.0 Å². The molecule has 1 N–H and O–H groups in total. The van der Waals surface area contributed by atoms with Crippen molar-refractivity contribution >= 4 is 25.7 Å². The van der Waals surface area contributed by atoms with E-state index in [0.29, 0.717) is 25.4 Å². The van der Waals surface area contributed by atoms with Crippen LogP contribution in [0.25, 0.3) is 0 Å². The molecule has 2 aromatic carbocycles. The van der Waals surface area contributed by atoms with Crippen LogP contribution in [0, 0.1) is 0 Å². The Morgan fingerprint density at radius 1 is 0.903 bits per heavy atom. The third-order valence-electron chi connectivity index (χ3n) is 4.85. The lowest BCUT2D eigenvalue weighted by atomic mass is 10.2. The molecule has 11 heteroatoms. The van der Waals surface area contributed by atoms with Crippen molar-refractivity contribution in [2.45, 2.75) is 16.3 Å². The van der Waals surface area contributed by atoms with Crippen LogP contribution in [0.15, 0.2) is 76.8 Å². The maximum absolute atomic E-state index is 12.7. The highest BCUT2D eigenvalue weighted by molar-refractivity contribution is 7.92. The van der Waals surface area contributed by atoms with Gasteiger partial charge in [0.2, 0.25) is 10.0 Å². The molecule has 31 heavy (non-hydrogen) atoms. The molecule has 1 saturated heterocycles. The number of morpholine rings is 1. The zero-order valence-electron chi connectivity index (χ0n) is 16.6. The predicted octanol–water partition coefficient (Wildman–Crippen LogP) is 1.75. The minimum atomic E-state index is -3.86. The van der Waals surface area contributed by atoms with Gasteiger partial charge in [-0.2, -0.15) is 9.40 Å². The summed E-state index contributed by atoms with van der Waals surface area (Å²) in [5.41, 5.74) is 1.39. The minimum absolute atomic E-state index is 0.0194. The van der Waals surface area contributed by atoms with E-state index in [2.05, 4.69) is 9.82 Å². The van der Waals surface area contributed by atoms with Crippen molar-refractivity contribution in [3.63, 3.8) is 0 Å². The van der Waals surface area contributed by atoms with Crippen molar-refractivity contribution in [2.75, 3.05) is 31.0 Å². The molecule has 2 heterocycles. The molecule has 9 nitrogen and oxygen atoms in total. The Balaban J connectivity index is 1.46. The van der Waals surface area contributed by atoms with Crippen molar-refractivity contribution in [1.29, 1.82) is 0 Å². The lowest BCUT2D eigenvalue weighted by molar-refractivity contribution is 0.0730. The topological polar surface area (TPSA) is 111 Å². The van der Waals surface area contributed by atoms with Gasteiger partial charge in [0, 0.05) is 31.2 Å². The molecule has 0 spiro atoms. The fourth-order valence-corrected chi connectivity index (χ4v) is 5.67. The van der Waals surface area contributed by atoms with E-state index in [0.717, 1.165) is 5.56 Å². The van der Waals surface area contributed by atoms with Crippen LogP contribution in [-0.2, 0) is 31.3 Å². The Morgan fingerprint density at radius 3 is 2.16 bits per heavy atom. The number of anilines is 1. The summed E-state index contributed by atoms with van der Waals surface area (Å²) < 4.78 is 61.6. The molecule has 0 radical (unpaired) electrons. The molecular formula is C20H22N4O5S2. The first kappa shape index (κ1) is 21.5. The van der Waals surface area contributed by atoms with Crippen LogP contribution in [0.4, 0.5) is 5.69 Å². The summed E-state index contributed by atoms with van der Waals surface area (Å²) in [6.45, 7) is 1.83. The highest BCUT2D eigenvalue weighted by atomic mass is 32.2. The predicted molar refractivity (Wildman–Crippen MR) is 115 cm³/mol. The molecule has 0 atom stereocenters. The van der Waals surface area contributed by atoms with E-state index in [-0.39, 0.29) is 22.9 Å². The second-order valence-corrected chi connectivity index (χ2v) is 10.6. The second kappa shape index (κ2) is 8.79. The monoisotopic (exact) mass is 462 g/mol. The Morgan fingerprint density at radius 2 is 1.55 bits per heavy atom. The van der Waals surface area contributed by atoms with Gasteiger partial charge in [-0.3, -0.25) is 9.40 Å². The maximum Gasteiger partial charge on any atom is 0.261 e. The Kier molecular flexibility index (Phi) is 6.10. The Labute approximate surface area is 181 Å². The minimum Gasteiger partial charge on any atom is -0.379 e. The number of hydrogen-bond acceptors (Lipinski definition) is 6. The molecule has 1 aliphatic heterocycles. The fraction of sp³-hybridized carbons (Fsp3) is 0.250. The van der Waals surface area contributed by atoms with Gasteiger partial charge in [0.1, 0.15) is 0 Å². The molecule has 0 amide bonds. The molecule has 1 aliphatic rings. The van der Waals surface area contributed by atoms with E-state index < -0.39 is 20.0 Å². The first-order chi connectivity index (χ1) is 14.8. The van der Waals surface area contributed by atoms with Crippen LogP contribution in [-0.4, -0.2) is 57.2 Å². The van der Waals surface area contributed by atoms with E-state index in [1.807, 2.05) is 24.4 Å². The lowest BCUT2D eigenvalue weighted by Crippen LogP contribution is -2.40. The van der Waals surface area contributed by atoms with Crippen LogP contribution in [0.5, 0.6) is 0 Å². The molecular weight excluding hydrogens is 440 g/mol. The maximum atomic E-state index is 12.7. The number of nitrogens with zero attached hydrogens (tertiary/aromatic N) is 3. The number of nitrogens with one attached hydrogen (secondary N) is 1. The van der Waals surface area contributed by atoms with Crippen LogP contribution in [0.3, 0.4) is 0 Å². The van der Waals surface area contributed by atoms with Crippen LogP contribution < -0.4 is 4.72 Å². The van der Waals surface area contributed by atoms with Crippen LogP contribution in [0.1, 0.15) is 5.56 Å². The number of ether oxygens (including phenoxy) is 1. The Bertz CT molecular complexity index is 1220. The normalized spacial score (nSPS) is 15.6. The molecule has 0 unspecified atom stereocenters. The summed E-state index contributed by atoms with van der Waals surface area (Å²) in [4.78, 5) is 0.0327. The van der Waals surface area contributed by atoms with Gasteiger partial charge in [0.05, 0.1) is 29.5 Å². The quantitative estimate of drug-likeness (QED) is 0.573. The van der Waals surface area contributed by atoms with E-state index in [1.165, 1.54) is 28.6 Å². The third-order valence-corrected chi connectivity index (χ3v) is 8.16. The molecule has 1 fully saturated rings. The molecule has 164 valence electrons. The number of rotatable bonds is 7. The highest BCUT2D eigenvalue weighted by Gasteiger charge is 2.26. The largest absolute Gasteiger partial charge is 0.379 e. The SMILES string of the molecule is O=S(=O)(Nc1ccc(Cn2cccn2)cc1)c1ccc(S(=O)(=O)N2CCOCC2)cc1. The Hall–Kier alpha value is -2.73. The summed E-state index contributed by atoms with van der Waals surface area (Å²) in [6.07, 6.45) is 3.54. The third kappa shape index (κ3) is 4.96. The van der Waals surface area contributed by atoms with Crippen LogP contribution >= 0.6 is 0 Å². The lowest BCUT2D eigenvalue weighted by Gasteiger charge is -2.26. The number of hydrogen-bond donors (Lipinski definition) is 1. The standard InChI is InChI=1S/C20H22N4O5S2/c25-30(26,22-18-4-2-17(3-5-18)16-23-11-1-10-21-23)19-6-8-20(9-7-19)31(27,28)24-12-14-29-15-13-24/h1-11,22H,12-16H2. The molecule has 4 rings (SSSR count). The van der Waals surface area contributed by atoms with Crippen molar-refractivity contribution < 1.29 is 21.6 Å². The summed E-state index contributed by atoms with van der Waals surface area (Å²) in [7, 11) is -7.54. The summed E-state index contributed by atoms with van der Waals surface area (Å²) in [5.74, 6) is 0. The summed E-state index contributed by atoms with van der Waals surface area (Å²) >= 11 is 0. The van der Waals surface area contributed by atoms with Gasteiger partial charge in [0.15, 0.2) is 0 Å². The van der Waals surface area contributed by atoms with Crippen molar-refractivity contribution in [1.82, 2.24) is 14.1 Å². The van der Waals surface area contributed by atoms with E-state index >= 15 is 0 Å². The van der Waals surface area contributed by atoms with E-state index in [1.54, 1.807) is 23.0 Å². The van der Waals surface area contributed by atoms with Crippen molar-refractivity contribution in [3.05, 3.63) is 72.6 Å². The molecule has 0 aliphatic carbocycles. The van der Waals surface area contributed by atoms with Crippen molar-refractivity contribution in [2.24, 2.45) is 0 Å². The number of sulfonamides is 2. The van der Waals surface area contributed by atoms with Crippen molar-refractivity contribution in [3.8, 4) is 0 Å². The summed E-state index contributed by atoms with van der Waals surface area (Å²) in [5, 5.41) is 4.14. The molecule has 0 bridgehead atoms. The van der Waals surface area contributed by atoms with Crippen LogP contribution in [0.2, 0.25) is 0 Å². The number of benzene rings is 2. The molecule has 1 aromatic heterocycles. The number of aromatic nitrogens is 2. The first-order valence-electron chi connectivity index (χ1n) is 9.62. The van der Waals surface area contributed by atoms with E-state index in [4.69, 9.17) is 4.74 Å². The summed E-state index contributed by atoms with van der Waals surface area (Å²) in [6, 6.07) is 14.0. The highest BCUT2D eigenvalue weighted by Crippen LogP contribution is 2.21. The van der Waals surface area contributed by atoms with E-state index in [9.17, 15) is 16.8 Å².